The smallest absolute Gasteiger partial charge is 0.0846 e. The van der Waals surface area contributed by atoms with Crippen LogP contribution in [0.25, 0.3) is 0 Å². The van der Waals surface area contributed by atoms with Gasteiger partial charge < -0.3 is 5.11 Å². The molecule has 0 aromatic heterocycles. The Morgan fingerprint density at radius 3 is 2.29 bits per heavy atom. The Hall–Kier alpha value is -0.240. The Balaban J connectivity index is 1.70. The quantitative estimate of drug-likeness (QED) is 0.298. The zero-order valence-electron chi connectivity index (χ0n) is 17.7. The van der Waals surface area contributed by atoms with Gasteiger partial charge in [-0.15, -0.1) is 23.2 Å². The number of alkyl halides is 2. The maximum Gasteiger partial charge on any atom is 0.0846 e. The fourth-order valence-corrected chi connectivity index (χ4v) is 6.79. The monoisotopic (exact) mass is 424 g/mol. The zero-order valence-corrected chi connectivity index (χ0v) is 19.2. The van der Waals surface area contributed by atoms with E-state index >= 15 is 0 Å². The molecule has 0 aliphatic heterocycles. The Kier molecular flexibility index (Phi) is 8.16. The van der Waals surface area contributed by atoms with E-state index in [0.29, 0.717) is 11.8 Å². The number of benzene rings is 1. The van der Waals surface area contributed by atoms with Gasteiger partial charge in [0.05, 0.1) is 6.10 Å². The molecule has 158 valence electrons. The van der Waals surface area contributed by atoms with Crippen LogP contribution in [-0.4, -0.2) is 15.9 Å². The molecule has 2 aliphatic carbocycles. The molecular formula is C25H38Cl2O. The van der Waals surface area contributed by atoms with Crippen molar-refractivity contribution in [2.45, 2.75) is 107 Å². The number of unbranched alkanes of at least 4 members (excludes halogenated alkanes) is 3. The number of rotatable bonds is 10. The second-order valence-electron chi connectivity index (χ2n) is 9.34. The van der Waals surface area contributed by atoms with E-state index in [9.17, 15) is 5.11 Å². The minimum atomic E-state index is -0.337. The van der Waals surface area contributed by atoms with Crippen LogP contribution in [0, 0.1) is 11.3 Å². The lowest BCUT2D eigenvalue weighted by atomic mass is 9.61. The SMILES string of the molecule is CCCCCCC1C(Cl)CC(Cl)C1c1ccc(C(O)C2(CCC)CCC2)cc1. The third kappa shape index (κ3) is 4.73. The second-order valence-corrected chi connectivity index (χ2v) is 10.5. The molecule has 5 atom stereocenters. The zero-order chi connectivity index (χ0) is 20.1. The van der Waals surface area contributed by atoms with Crippen LogP contribution in [0.2, 0.25) is 0 Å². The number of halogens is 2. The van der Waals surface area contributed by atoms with E-state index in [1.54, 1.807) is 0 Å². The molecule has 1 aromatic rings. The van der Waals surface area contributed by atoms with Crippen LogP contribution in [0.5, 0.6) is 0 Å². The lowest BCUT2D eigenvalue weighted by Gasteiger charge is -2.46. The van der Waals surface area contributed by atoms with Gasteiger partial charge in [-0.05, 0) is 49.1 Å². The van der Waals surface area contributed by atoms with Crippen LogP contribution < -0.4 is 0 Å². The van der Waals surface area contributed by atoms with Gasteiger partial charge in [-0.3, -0.25) is 0 Å². The first-order chi connectivity index (χ1) is 13.5. The van der Waals surface area contributed by atoms with Crippen LogP contribution in [-0.2, 0) is 0 Å². The summed E-state index contributed by atoms with van der Waals surface area (Å²) in [4.78, 5) is 0. The van der Waals surface area contributed by atoms with Gasteiger partial charge in [-0.2, -0.15) is 0 Å². The summed E-state index contributed by atoms with van der Waals surface area (Å²) >= 11 is 13.5. The van der Waals surface area contributed by atoms with Gasteiger partial charge in [-0.25, -0.2) is 0 Å². The Morgan fingerprint density at radius 1 is 1.00 bits per heavy atom. The first-order valence-corrected chi connectivity index (χ1v) is 12.5. The van der Waals surface area contributed by atoms with Crippen molar-refractivity contribution in [3.8, 4) is 0 Å². The van der Waals surface area contributed by atoms with Crippen molar-refractivity contribution < 1.29 is 5.11 Å². The van der Waals surface area contributed by atoms with Crippen molar-refractivity contribution in [1.82, 2.24) is 0 Å². The first-order valence-electron chi connectivity index (χ1n) is 11.6. The summed E-state index contributed by atoms with van der Waals surface area (Å²) in [5, 5.41) is 11.3. The number of aliphatic hydroxyl groups is 1. The molecule has 2 fully saturated rings. The molecule has 0 saturated heterocycles. The van der Waals surface area contributed by atoms with Crippen LogP contribution in [0.3, 0.4) is 0 Å². The molecule has 5 unspecified atom stereocenters. The van der Waals surface area contributed by atoms with Crippen molar-refractivity contribution in [3.63, 3.8) is 0 Å². The molecule has 28 heavy (non-hydrogen) atoms. The van der Waals surface area contributed by atoms with Gasteiger partial charge in [0, 0.05) is 22.1 Å². The molecule has 1 N–H and O–H groups in total. The van der Waals surface area contributed by atoms with E-state index in [2.05, 4.69) is 38.1 Å². The van der Waals surface area contributed by atoms with Crippen molar-refractivity contribution >= 4 is 23.2 Å². The van der Waals surface area contributed by atoms with Gasteiger partial charge in [0.15, 0.2) is 0 Å². The predicted octanol–water partition coefficient (Wildman–Crippen LogP) is 7.98. The molecule has 3 heteroatoms. The minimum absolute atomic E-state index is 0.113. The molecule has 0 radical (unpaired) electrons. The molecule has 1 nitrogen and oxygen atoms in total. The summed E-state index contributed by atoms with van der Waals surface area (Å²) in [5.41, 5.74) is 2.49. The number of aliphatic hydroxyl groups excluding tert-OH is 1. The van der Waals surface area contributed by atoms with E-state index in [4.69, 9.17) is 23.2 Å². The van der Waals surface area contributed by atoms with Crippen molar-refractivity contribution in [3.05, 3.63) is 35.4 Å². The van der Waals surface area contributed by atoms with E-state index in [-0.39, 0.29) is 22.3 Å². The standard InChI is InChI=1S/C25H38Cl2O/c1-3-5-6-7-9-20-21(26)17-22(27)23(20)18-10-12-19(13-11-18)24(28)25(14-4-2)15-8-16-25/h10-13,20-24,28H,3-9,14-17H2,1-2H3. The fourth-order valence-electron chi connectivity index (χ4n) is 5.70. The number of hydrogen-bond donors (Lipinski definition) is 1. The molecule has 0 amide bonds. The molecule has 0 heterocycles. The van der Waals surface area contributed by atoms with Gasteiger partial charge in [0.1, 0.15) is 0 Å². The van der Waals surface area contributed by atoms with Gasteiger partial charge in [0.25, 0.3) is 0 Å². The van der Waals surface area contributed by atoms with Crippen molar-refractivity contribution in [2.75, 3.05) is 0 Å². The maximum atomic E-state index is 11.0. The van der Waals surface area contributed by atoms with Crippen LogP contribution in [0.15, 0.2) is 24.3 Å². The lowest BCUT2D eigenvalue weighted by molar-refractivity contribution is -0.0440. The van der Waals surface area contributed by atoms with Crippen molar-refractivity contribution in [1.29, 1.82) is 0 Å². The highest BCUT2D eigenvalue weighted by atomic mass is 35.5. The average Bonchev–Trinajstić information content (AvgIpc) is 2.94. The molecular weight excluding hydrogens is 387 g/mol. The third-order valence-corrected chi connectivity index (χ3v) is 8.42. The topological polar surface area (TPSA) is 20.2 Å². The van der Waals surface area contributed by atoms with Crippen LogP contribution >= 0.6 is 23.2 Å². The third-order valence-electron chi connectivity index (χ3n) is 7.47. The molecule has 1 aromatic carbocycles. The summed E-state index contributed by atoms with van der Waals surface area (Å²) in [7, 11) is 0. The largest absolute Gasteiger partial charge is 0.388 e. The highest BCUT2D eigenvalue weighted by molar-refractivity contribution is 6.25. The van der Waals surface area contributed by atoms with E-state index < -0.39 is 0 Å². The highest BCUT2D eigenvalue weighted by Gasteiger charge is 2.44. The second kappa shape index (κ2) is 10.2. The van der Waals surface area contributed by atoms with Gasteiger partial charge in [0.2, 0.25) is 0 Å². The van der Waals surface area contributed by atoms with Crippen molar-refractivity contribution in [2.24, 2.45) is 11.3 Å². The fraction of sp³-hybridized carbons (Fsp3) is 0.760. The lowest BCUT2D eigenvalue weighted by Crippen LogP contribution is -2.36. The Morgan fingerprint density at radius 2 is 1.71 bits per heavy atom. The molecule has 3 rings (SSSR count). The van der Waals surface area contributed by atoms with E-state index in [1.165, 1.54) is 44.1 Å². The summed E-state index contributed by atoms with van der Waals surface area (Å²) in [5.74, 6) is 0.806. The Labute approximate surface area is 182 Å². The van der Waals surface area contributed by atoms with Crippen LogP contribution in [0.4, 0.5) is 0 Å². The van der Waals surface area contributed by atoms with Crippen LogP contribution in [0.1, 0.15) is 108 Å². The summed E-state index contributed by atoms with van der Waals surface area (Å²) in [6, 6.07) is 8.72. The van der Waals surface area contributed by atoms with E-state index in [0.717, 1.165) is 37.7 Å². The van der Waals surface area contributed by atoms with Gasteiger partial charge >= 0.3 is 0 Å². The van der Waals surface area contributed by atoms with Gasteiger partial charge in [-0.1, -0.05) is 76.6 Å². The molecule has 2 aliphatic rings. The average molecular weight is 425 g/mol. The van der Waals surface area contributed by atoms with E-state index in [1.807, 2.05) is 0 Å². The highest BCUT2D eigenvalue weighted by Crippen LogP contribution is 2.54. The number of hydrogen-bond acceptors (Lipinski definition) is 1. The summed E-state index contributed by atoms with van der Waals surface area (Å²) in [6.45, 7) is 4.47. The summed E-state index contributed by atoms with van der Waals surface area (Å²) in [6.07, 6.45) is 12.7. The molecule has 0 bridgehead atoms. The predicted molar refractivity (Wildman–Crippen MR) is 121 cm³/mol. The molecule has 2 saturated carbocycles. The minimum Gasteiger partial charge on any atom is -0.388 e. The first kappa shape index (κ1) is 22.4. The Bertz CT molecular complexity index is 595. The summed E-state index contributed by atoms with van der Waals surface area (Å²) < 4.78 is 0. The molecule has 0 spiro atoms. The normalized spacial score (nSPS) is 30.2. The maximum absolute atomic E-state index is 11.0.